The molecule has 3 heterocycles. The standard InChI is InChI=1S/C36H43F2N5O3/c1-25-18-29(23-30(19-25)46-17-11-7-5-6-8-14-43(4)15-9-10-16-43)42-24-32(36(45)39-28-21-26(37)20-27(38)22-28)34(44)31-12-13-33(41(2)3)40-35(31)42/h12-13,18-24H,5-11,14-17H2,1-4H3/p+1. The van der Waals surface area contributed by atoms with E-state index in [1.807, 2.05) is 44.1 Å². The van der Waals surface area contributed by atoms with Crippen LogP contribution in [0.2, 0.25) is 0 Å². The zero-order chi connectivity index (χ0) is 32.8. The Labute approximate surface area is 269 Å². The number of halogens is 2. The predicted molar refractivity (Wildman–Crippen MR) is 179 cm³/mol. The molecule has 4 aromatic rings. The molecular formula is C36H44F2N5O3+. The number of pyridine rings is 2. The van der Waals surface area contributed by atoms with Crippen LogP contribution in [-0.4, -0.2) is 67.3 Å². The van der Waals surface area contributed by atoms with Crippen LogP contribution in [-0.2, 0) is 0 Å². The summed E-state index contributed by atoms with van der Waals surface area (Å²) in [4.78, 5) is 33.4. The SMILES string of the molecule is Cc1cc(OCCCCCCC[N+]2(C)CCCC2)cc(-n2cc(C(=O)Nc3cc(F)cc(F)c3)c(=O)c3ccc(N(C)C)nc32)c1. The maximum atomic E-state index is 13.8. The van der Waals surface area contributed by atoms with Crippen molar-refractivity contribution < 1.29 is 22.8 Å². The number of hydrogen-bond donors (Lipinski definition) is 1. The van der Waals surface area contributed by atoms with E-state index in [1.165, 1.54) is 62.4 Å². The maximum Gasteiger partial charge on any atom is 0.261 e. The number of quaternary nitrogens is 1. The Kier molecular flexibility index (Phi) is 10.4. The average molecular weight is 633 g/mol. The first-order chi connectivity index (χ1) is 22.0. The molecule has 1 aliphatic heterocycles. The molecule has 0 saturated carbocycles. The van der Waals surface area contributed by atoms with Crippen LogP contribution in [0, 0.1) is 18.6 Å². The van der Waals surface area contributed by atoms with Gasteiger partial charge in [-0.15, -0.1) is 0 Å². The fourth-order valence-corrected chi connectivity index (χ4v) is 6.21. The number of aryl methyl sites for hydroxylation is 1. The second-order valence-corrected chi connectivity index (χ2v) is 12.9. The topological polar surface area (TPSA) is 76.5 Å². The van der Waals surface area contributed by atoms with Crippen LogP contribution in [0.5, 0.6) is 5.75 Å². The normalized spacial score (nSPS) is 14.0. The third-order valence-electron chi connectivity index (χ3n) is 8.73. The minimum absolute atomic E-state index is 0.0943. The van der Waals surface area contributed by atoms with Crippen LogP contribution in [0.1, 0.15) is 60.9 Å². The fourth-order valence-electron chi connectivity index (χ4n) is 6.21. The van der Waals surface area contributed by atoms with Gasteiger partial charge >= 0.3 is 0 Å². The number of ether oxygens (including phenoxy) is 1. The Morgan fingerprint density at radius 3 is 2.39 bits per heavy atom. The summed E-state index contributed by atoms with van der Waals surface area (Å²) in [5.74, 6) is -1.16. The molecule has 46 heavy (non-hydrogen) atoms. The molecule has 1 saturated heterocycles. The summed E-state index contributed by atoms with van der Waals surface area (Å²) in [6.45, 7) is 6.45. The number of nitrogens with one attached hydrogen (secondary N) is 1. The highest BCUT2D eigenvalue weighted by molar-refractivity contribution is 6.05. The summed E-state index contributed by atoms with van der Waals surface area (Å²) >= 11 is 0. The second-order valence-electron chi connectivity index (χ2n) is 12.9. The van der Waals surface area contributed by atoms with Gasteiger partial charge in [-0.3, -0.25) is 9.59 Å². The molecule has 0 unspecified atom stereocenters. The molecule has 0 atom stereocenters. The summed E-state index contributed by atoms with van der Waals surface area (Å²) in [5, 5.41) is 2.69. The summed E-state index contributed by atoms with van der Waals surface area (Å²) in [6, 6.07) is 11.8. The van der Waals surface area contributed by atoms with Crippen LogP contribution in [0.4, 0.5) is 20.3 Å². The highest BCUT2D eigenvalue weighted by Crippen LogP contribution is 2.25. The Hall–Kier alpha value is -4.31. The number of nitrogens with zero attached hydrogens (tertiary/aromatic N) is 4. The van der Waals surface area contributed by atoms with E-state index >= 15 is 0 Å². The average Bonchev–Trinajstić information content (AvgIpc) is 3.43. The lowest BCUT2D eigenvalue weighted by Gasteiger charge is -2.29. The van der Waals surface area contributed by atoms with Gasteiger partial charge in [-0.25, -0.2) is 13.8 Å². The maximum absolute atomic E-state index is 13.8. The lowest BCUT2D eigenvalue weighted by molar-refractivity contribution is -0.897. The minimum Gasteiger partial charge on any atom is -0.494 e. The highest BCUT2D eigenvalue weighted by atomic mass is 19.1. The number of aromatic nitrogens is 2. The predicted octanol–water partition coefficient (Wildman–Crippen LogP) is 6.86. The number of rotatable bonds is 13. The number of unbranched alkanes of at least 4 members (excludes halogenated alkanes) is 4. The number of carbonyl (C=O) groups excluding carboxylic acids is 1. The van der Waals surface area contributed by atoms with Gasteiger partial charge in [0.1, 0.15) is 28.8 Å². The molecule has 2 aromatic carbocycles. The molecule has 2 aromatic heterocycles. The van der Waals surface area contributed by atoms with Gasteiger partial charge in [-0.1, -0.05) is 12.8 Å². The third-order valence-corrected chi connectivity index (χ3v) is 8.73. The first kappa shape index (κ1) is 33.1. The lowest BCUT2D eigenvalue weighted by atomic mass is 10.1. The third kappa shape index (κ3) is 8.09. The van der Waals surface area contributed by atoms with Crippen LogP contribution >= 0.6 is 0 Å². The summed E-state index contributed by atoms with van der Waals surface area (Å²) in [5.41, 5.74) is 1.13. The monoisotopic (exact) mass is 632 g/mol. The molecule has 10 heteroatoms. The largest absolute Gasteiger partial charge is 0.494 e. The molecule has 0 radical (unpaired) electrons. The van der Waals surface area contributed by atoms with Crippen LogP contribution in [0.15, 0.2) is 59.5 Å². The van der Waals surface area contributed by atoms with Gasteiger partial charge in [0.2, 0.25) is 5.43 Å². The van der Waals surface area contributed by atoms with E-state index in [2.05, 4.69) is 12.4 Å². The van der Waals surface area contributed by atoms with E-state index in [4.69, 9.17) is 9.72 Å². The Morgan fingerprint density at radius 2 is 1.67 bits per heavy atom. The number of carbonyl (C=O) groups is 1. The smallest absolute Gasteiger partial charge is 0.261 e. The van der Waals surface area contributed by atoms with E-state index in [-0.39, 0.29) is 16.6 Å². The Morgan fingerprint density at radius 1 is 0.978 bits per heavy atom. The van der Waals surface area contributed by atoms with Crippen molar-refractivity contribution in [3.05, 3.63) is 87.7 Å². The number of likely N-dealkylation sites (tertiary alicyclic amines) is 1. The van der Waals surface area contributed by atoms with Crippen molar-refractivity contribution in [3.63, 3.8) is 0 Å². The van der Waals surface area contributed by atoms with Crippen molar-refractivity contribution in [2.24, 2.45) is 0 Å². The van der Waals surface area contributed by atoms with E-state index < -0.39 is 23.0 Å². The molecule has 0 aliphatic carbocycles. The second kappa shape index (κ2) is 14.4. The van der Waals surface area contributed by atoms with E-state index in [0.717, 1.165) is 30.5 Å². The summed E-state index contributed by atoms with van der Waals surface area (Å²) in [6.07, 6.45) is 9.91. The van der Waals surface area contributed by atoms with E-state index in [0.29, 0.717) is 35.6 Å². The van der Waals surface area contributed by atoms with Crippen molar-refractivity contribution in [2.75, 3.05) is 57.6 Å². The Balaban J connectivity index is 1.35. The van der Waals surface area contributed by atoms with Gasteiger partial charge in [0, 0.05) is 51.0 Å². The molecule has 244 valence electrons. The minimum atomic E-state index is -0.841. The van der Waals surface area contributed by atoms with Gasteiger partial charge in [0.05, 0.1) is 44.4 Å². The molecular weight excluding hydrogens is 588 g/mol. The van der Waals surface area contributed by atoms with Crippen LogP contribution in [0.3, 0.4) is 0 Å². The zero-order valence-electron chi connectivity index (χ0n) is 27.2. The van der Waals surface area contributed by atoms with Gasteiger partial charge < -0.3 is 24.0 Å². The van der Waals surface area contributed by atoms with Gasteiger partial charge in [0.25, 0.3) is 5.91 Å². The van der Waals surface area contributed by atoms with Crippen LogP contribution < -0.4 is 20.4 Å². The van der Waals surface area contributed by atoms with Crippen molar-refractivity contribution in [1.29, 1.82) is 0 Å². The molecule has 1 aliphatic rings. The number of amides is 1. The van der Waals surface area contributed by atoms with E-state index in [9.17, 15) is 18.4 Å². The van der Waals surface area contributed by atoms with Gasteiger partial charge in [-0.2, -0.15) is 0 Å². The molecule has 1 fully saturated rings. The fraction of sp³-hybridized carbons (Fsp3) is 0.417. The Bertz CT molecular complexity index is 1740. The summed E-state index contributed by atoms with van der Waals surface area (Å²) < 4.78 is 36.7. The van der Waals surface area contributed by atoms with Gasteiger partial charge in [0.15, 0.2) is 5.65 Å². The number of fused-ring (bicyclic) bond motifs is 1. The van der Waals surface area contributed by atoms with Crippen molar-refractivity contribution in [2.45, 2.75) is 51.9 Å². The number of anilines is 2. The van der Waals surface area contributed by atoms with Gasteiger partial charge in [-0.05, 0) is 68.1 Å². The first-order valence-electron chi connectivity index (χ1n) is 16.1. The molecule has 1 N–H and O–H groups in total. The quantitative estimate of drug-likeness (QED) is 0.129. The zero-order valence-corrected chi connectivity index (χ0v) is 27.2. The molecule has 1 amide bonds. The lowest BCUT2D eigenvalue weighted by Crippen LogP contribution is -2.41. The highest BCUT2D eigenvalue weighted by Gasteiger charge is 2.25. The summed E-state index contributed by atoms with van der Waals surface area (Å²) in [7, 11) is 6.09. The van der Waals surface area contributed by atoms with Crippen molar-refractivity contribution in [1.82, 2.24) is 9.55 Å². The molecule has 0 spiro atoms. The van der Waals surface area contributed by atoms with Crippen molar-refractivity contribution >= 4 is 28.4 Å². The van der Waals surface area contributed by atoms with Crippen molar-refractivity contribution in [3.8, 4) is 11.4 Å². The first-order valence-corrected chi connectivity index (χ1v) is 16.1. The molecule has 8 nitrogen and oxygen atoms in total. The molecule has 5 rings (SSSR count). The number of benzene rings is 2. The van der Waals surface area contributed by atoms with E-state index in [1.54, 1.807) is 16.7 Å². The molecule has 0 bridgehead atoms. The van der Waals surface area contributed by atoms with Crippen LogP contribution in [0.25, 0.3) is 16.7 Å². The number of hydrogen-bond acceptors (Lipinski definition) is 5.